The van der Waals surface area contributed by atoms with E-state index in [0.29, 0.717) is 55.1 Å². The Balaban J connectivity index is 1.33. The van der Waals surface area contributed by atoms with Crippen molar-refractivity contribution in [3.05, 3.63) is 52.8 Å². The van der Waals surface area contributed by atoms with E-state index in [1.807, 2.05) is 19.1 Å². The lowest BCUT2D eigenvalue weighted by Crippen LogP contribution is -2.42. The largest absolute Gasteiger partial charge is 0.486 e. The highest BCUT2D eigenvalue weighted by Crippen LogP contribution is 2.32. The van der Waals surface area contributed by atoms with E-state index in [-0.39, 0.29) is 12.0 Å². The van der Waals surface area contributed by atoms with Crippen LogP contribution in [-0.2, 0) is 4.74 Å². The van der Waals surface area contributed by atoms with Gasteiger partial charge in [-0.3, -0.25) is 9.78 Å². The van der Waals surface area contributed by atoms with Crippen LogP contribution in [0.5, 0.6) is 11.5 Å². The van der Waals surface area contributed by atoms with Crippen LogP contribution in [0.15, 0.2) is 35.8 Å². The predicted molar refractivity (Wildman–Crippen MR) is 114 cm³/mol. The van der Waals surface area contributed by atoms with E-state index in [0.717, 1.165) is 17.1 Å². The van der Waals surface area contributed by atoms with Crippen molar-refractivity contribution in [2.24, 2.45) is 0 Å². The lowest BCUT2D eigenvalue weighted by molar-refractivity contribution is -0.0247. The molecule has 9 nitrogen and oxygen atoms in total. The van der Waals surface area contributed by atoms with Gasteiger partial charge in [-0.05, 0) is 37.3 Å². The molecule has 160 valence electrons. The van der Waals surface area contributed by atoms with E-state index in [4.69, 9.17) is 14.2 Å². The van der Waals surface area contributed by atoms with Crippen LogP contribution in [0.3, 0.4) is 0 Å². The van der Waals surface area contributed by atoms with E-state index in [2.05, 4.69) is 20.5 Å². The van der Waals surface area contributed by atoms with Gasteiger partial charge in [-0.15, -0.1) is 10.2 Å². The Morgan fingerprint density at radius 1 is 1.16 bits per heavy atom. The minimum atomic E-state index is -0.315. The number of benzene rings is 1. The molecule has 2 aromatic heterocycles. The number of pyridine rings is 1. The van der Waals surface area contributed by atoms with Crippen molar-refractivity contribution >= 4 is 28.1 Å². The number of anilines is 2. The van der Waals surface area contributed by atoms with Crippen molar-refractivity contribution in [1.82, 2.24) is 20.1 Å². The lowest BCUT2D eigenvalue weighted by Gasteiger charge is -2.33. The molecule has 2 aliphatic heterocycles. The minimum Gasteiger partial charge on any atom is -0.486 e. The zero-order chi connectivity index (χ0) is 21.2. The number of carbonyl (C=O) groups is 1. The molecule has 1 N–H and O–H groups in total. The van der Waals surface area contributed by atoms with E-state index >= 15 is 0 Å². The second-order valence-electron chi connectivity index (χ2n) is 7.26. The Bertz CT molecular complexity index is 1090. The van der Waals surface area contributed by atoms with Gasteiger partial charge >= 0.3 is 0 Å². The van der Waals surface area contributed by atoms with Gasteiger partial charge in [0, 0.05) is 23.5 Å². The maximum Gasteiger partial charge on any atom is 0.254 e. The third-order valence-corrected chi connectivity index (χ3v) is 5.66. The van der Waals surface area contributed by atoms with Crippen LogP contribution in [0.1, 0.15) is 27.8 Å². The number of hydrogen-bond acceptors (Lipinski definition) is 9. The third kappa shape index (κ3) is 4.30. The van der Waals surface area contributed by atoms with E-state index in [9.17, 15) is 4.79 Å². The minimum absolute atomic E-state index is 0.0647. The van der Waals surface area contributed by atoms with Crippen LogP contribution < -0.4 is 14.8 Å². The van der Waals surface area contributed by atoms with Gasteiger partial charge < -0.3 is 24.4 Å². The van der Waals surface area contributed by atoms with Crippen LogP contribution >= 0.6 is 11.3 Å². The molecule has 1 saturated heterocycles. The fourth-order valence-corrected chi connectivity index (χ4v) is 4.12. The molecule has 1 fully saturated rings. The van der Waals surface area contributed by atoms with Crippen molar-refractivity contribution in [3.63, 3.8) is 0 Å². The van der Waals surface area contributed by atoms with Crippen LogP contribution in [0, 0.1) is 6.92 Å². The van der Waals surface area contributed by atoms with E-state index < -0.39 is 0 Å². The third-order valence-electron chi connectivity index (χ3n) is 5.06. The fourth-order valence-electron chi connectivity index (χ4n) is 3.65. The Morgan fingerprint density at radius 2 is 2.03 bits per heavy atom. The van der Waals surface area contributed by atoms with Crippen LogP contribution in [-0.4, -0.2) is 58.9 Å². The second kappa shape index (κ2) is 8.48. The summed E-state index contributed by atoms with van der Waals surface area (Å²) in [6.45, 7) is 4.31. The first kappa shape index (κ1) is 19.7. The number of carbonyl (C=O) groups excluding carboxylic acids is 1. The summed E-state index contributed by atoms with van der Waals surface area (Å²) < 4.78 is 17.1. The van der Waals surface area contributed by atoms with Gasteiger partial charge in [0.1, 0.15) is 24.8 Å². The molecule has 4 heterocycles. The molecular weight excluding hydrogens is 418 g/mol. The Morgan fingerprint density at radius 3 is 2.87 bits per heavy atom. The molecule has 0 radical (unpaired) electrons. The van der Waals surface area contributed by atoms with Crippen LogP contribution in [0.4, 0.5) is 10.8 Å². The molecule has 0 bridgehead atoms. The SMILES string of the molecule is Cc1cc(Nc2nncs2)cc([C@H]2CN(C(=O)c3ccc4c(c3)OCCO4)CCO2)n1. The number of fused-ring (bicyclic) bond motifs is 1. The number of morpholine rings is 1. The van der Waals surface area contributed by atoms with E-state index in [1.54, 1.807) is 28.6 Å². The summed E-state index contributed by atoms with van der Waals surface area (Å²) in [5.41, 5.74) is 4.72. The smallest absolute Gasteiger partial charge is 0.254 e. The summed E-state index contributed by atoms with van der Waals surface area (Å²) in [7, 11) is 0. The predicted octanol–water partition coefficient (Wildman–Crippen LogP) is 2.97. The molecule has 5 rings (SSSR count). The molecule has 0 spiro atoms. The summed E-state index contributed by atoms with van der Waals surface area (Å²) in [4.78, 5) is 19.6. The molecule has 1 aromatic carbocycles. The molecule has 0 unspecified atom stereocenters. The van der Waals surface area contributed by atoms with Crippen LogP contribution in [0.25, 0.3) is 0 Å². The number of ether oxygens (including phenoxy) is 3. The summed E-state index contributed by atoms with van der Waals surface area (Å²) in [5, 5.41) is 11.8. The Hall–Kier alpha value is -3.24. The Kier molecular flexibility index (Phi) is 5.39. The van der Waals surface area contributed by atoms with Gasteiger partial charge in [-0.2, -0.15) is 0 Å². The van der Waals surface area contributed by atoms with Crippen molar-refractivity contribution in [3.8, 4) is 11.5 Å². The molecule has 3 aromatic rings. The number of amides is 1. The van der Waals surface area contributed by atoms with Gasteiger partial charge in [-0.25, -0.2) is 0 Å². The molecule has 1 atom stereocenters. The number of aromatic nitrogens is 3. The summed E-state index contributed by atoms with van der Waals surface area (Å²) in [6.07, 6.45) is -0.315. The standard InChI is InChI=1S/C21H21N5O4S/c1-13-8-15(24-21-25-22-12-31-21)10-16(23-13)19-11-26(4-5-28-19)20(27)14-2-3-17-18(9-14)30-7-6-29-17/h2-3,8-10,12,19H,4-7,11H2,1H3,(H,23,24,25)/t19-/m1/s1. The van der Waals surface area contributed by atoms with Crippen molar-refractivity contribution in [2.45, 2.75) is 13.0 Å². The monoisotopic (exact) mass is 439 g/mol. The average molecular weight is 439 g/mol. The average Bonchev–Trinajstić information content (AvgIpc) is 3.31. The van der Waals surface area contributed by atoms with Gasteiger partial charge in [-0.1, -0.05) is 11.3 Å². The highest BCUT2D eigenvalue weighted by Gasteiger charge is 2.28. The number of aryl methyl sites for hydroxylation is 1. The van der Waals surface area contributed by atoms with Crippen molar-refractivity contribution in [1.29, 1.82) is 0 Å². The first-order valence-electron chi connectivity index (χ1n) is 9.98. The fraction of sp³-hybridized carbons (Fsp3) is 0.333. The van der Waals surface area contributed by atoms with Gasteiger partial charge in [0.2, 0.25) is 5.13 Å². The molecule has 31 heavy (non-hydrogen) atoms. The molecule has 2 aliphatic rings. The molecule has 10 heteroatoms. The molecule has 1 amide bonds. The molecule has 0 saturated carbocycles. The maximum absolute atomic E-state index is 13.1. The molecule has 0 aliphatic carbocycles. The van der Waals surface area contributed by atoms with E-state index in [1.165, 1.54) is 11.3 Å². The highest BCUT2D eigenvalue weighted by molar-refractivity contribution is 7.13. The summed E-state index contributed by atoms with van der Waals surface area (Å²) in [5.74, 6) is 1.21. The number of hydrogen-bond donors (Lipinski definition) is 1. The number of nitrogens with zero attached hydrogens (tertiary/aromatic N) is 4. The number of rotatable bonds is 4. The first-order chi connectivity index (χ1) is 15.2. The maximum atomic E-state index is 13.1. The molecular formula is C21H21N5O4S. The zero-order valence-electron chi connectivity index (χ0n) is 16.9. The highest BCUT2D eigenvalue weighted by atomic mass is 32.1. The van der Waals surface area contributed by atoms with Crippen LogP contribution in [0.2, 0.25) is 0 Å². The van der Waals surface area contributed by atoms with Gasteiger partial charge in [0.25, 0.3) is 5.91 Å². The van der Waals surface area contributed by atoms with Crippen molar-refractivity contribution in [2.75, 3.05) is 38.2 Å². The normalized spacial score (nSPS) is 18.0. The summed E-state index contributed by atoms with van der Waals surface area (Å²) in [6, 6.07) is 9.17. The van der Waals surface area contributed by atoms with Crippen molar-refractivity contribution < 1.29 is 19.0 Å². The van der Waals surface area contributed by atoms with Gasteiger partial charge in [0.15, 0.2) is 11.5 Å². The first-order valence-corrected chi connectivity index (χ1v) is 10.9. The zero-order valence-corrected chi connectivity index (χ0v) is 17.7. The number of nitrogens with one attached hydrogen (secondary N) is 1. The lowest BCUT2D eigenvalue weighted by atomic mass is 10.1. The summed E-state index contributed by atoms with van der Waals surface area (Å²) >= 11 is 1.42. The topological polar surface area (TPSA) is 98.7 Å². The quantitative estimate of drug-likeness (QED) is 0.663. The van der Waals surface area contributed by atoms with Gasteiger partial charge in [0.05, 0.1) is 18.8 Å². The second-order valence-corrected chi connectivity index (χ2v) is 8.09. The Labute approximate surface area is 183 Å².